The number of rotatable bonds is 7. The molecule has 0 spiro atoms. The number of carbonyl (C=O) groups is 1. The number of hydrogen-bond donors (Lipinski definition) is 1. The Balaban J connectivity index is 1.57. The molecule has 1 N–H and O–H groups in total. The van der Waals surface area contributed by atoms with Gasteiger partial charge in [-0.15, -0.1) is 10.2 Å². The molecule has 0 unspecified atom stereocenters. The highest BCUT2D eigenvalue weighted by Crippen LogP contribution is 2.23. The highest BCUT2D eigenvalue weighted by molar-refractivity contribution is 7.99. The first kappa shape index (κ1) is 19.5. The van der Waals surface area contributed by atoms with E-state index in [0.29, 0.717) is 16.3 Å². The van der Waals surface area contributed by atoms with E-state index in [2.05, 4.69) is 22.4 Å². The predicted molar refractivity (Wildman–Crippen MR) is 109 cm³/mol. The van der Waals surface area contributed by atoms with Crippen molar-refractivity contribution in [2.45, 2.75) is 18.4 Å². The van der Waals surface area contributed by atoms with Crippen molar-refractivity contribution in [3.63, 3.8) is 0 Å². The van der Waals surface area contributed by atoms with Gasteiger partial charge in [0.15, 0.2) is 0 Å². The van der Waals surface area contributed by atoms with Gasteiger partial charge in [0.2, 0.25) is 5.91 Å². The number of carbonyl (C=O) groups excluding carboxylic acids is 1. The van der Waals surface area contributed by atoms with Crippen molar-refractivity contribution in [1.82, 2.24) is 10.2 Å². The molecule has 0 aliphatic heterocycles. The highest BCUT2D eigenvalue weighted by atomic mass is 32.2. The summed E-state index contributed by atoms with van der Waals surface area (Å²) in [5.74, 6) is 0.0826. The first-order valence-corrected chi connectivity index (χ1v) is 9.64. The van der Waals surface area contributed by atoms with E-state index in [0.717, 1.165) is 12.1 Å². The Bertz CT molecular complexity index is 976. The number of benzene rings is 2. The average molecular weight is 394 g/mol. The third kappa shape index (κ3) is 5.14. The van der Waals surface area contributed by atoms with E-state index in [-0.39, 0.29) is 17.3 Å². The molecular formula is C20H18N4O3S. The van der Waals surface area contributed by atoms with Gasteiger partial charge >= 0.3 is 0 Å². The third-order valence-electron chi connectivity index (χ3n) is 3.99. The second-order valence-corrected chi connectivity index (χ2v) is 6.95. The fourth-order valence-electron chi connectivity index (χ4n) is 2.49. The van der Waals surface area contributed by atoms with Crippen LogP contribution >= 0.6 is 11.8 Å². The molecule has 0 radical (unpaired) electrons. The molecule has 1 amide bonds. The van der Waals surface area contributed by atoms with Gasteiger partial charge < -0.3 is 5.32 Å². The largest absolute Gasteiger partial charge is 0.325 e. The fraction of sp³-hybridized carbons (Fsp3) is 0.150. The molecule has 1 heterocycles. The van der Waals surface area contributed by atoms with Crippen molar-refractivity contribution >= 4 is 29.0 Å². The van der Waals surface area contributed by atoms with Gasteiger partial charge in [-0.2, -0.15) is 0 Å². The van der Waals surface area contributed by atoms with E-state index in [9.17, 15) is 14.9 Å². The van der Waals surface area contributed by atoms with Gasteiger partial charge in [0.1, 0.15) is 5.03 Å². The Morgan fingerprint density at radius 3 is 2.54 bits per heavy atom. The second-order valence-electron chi connectivity index (χ2n) is 5.95. The van der Waals surface area contributed by atoms with Gasteiger partial charge in [0, 0.05) is 23.4 Å². The SMILES string of the molecule is CCc1ccc(NC(=O)CSc2ccc(-c3cccc([N+](=O)[O-])c3)nn2)cc1. The number of anilines is 1. The Morgan fingerprint density at radius 2 is 1.89 bits per heavy atom. The Kier molecular flexibility index (Phi) is 6.33. The lowest BCUT2D eigenvalue weighted by Gasteiger charge is -2.06. The number of aryl methyl sites for hydroxylation is 1. The van der Waals surface area contributed by atoms with E-state index in [1.54, 1.807) is 24.3 Å². The number of nitro groups is 1. The van der Waals surface area contributed by atoms with E-state index in [1.165, 1.54) is 29.5 Å². The third-order valence-corrected chi connectivity index (χ3v) is 4.91. The minimum atomic E-state index is -0.449. The molecule has 2 aromatic carbocycles. The summed E-state index contributed by atoms with van der Waals surface area (Å²) in [7, 11) is 0. The molecule has 3 rings (SSSR count). The molecule has 8 heteroatoms. The number of aromatic nitrogens is 2. The molecule has 1 aromatic heterocycles. The van der Waals surface area contributed by atoms with E-state index in [4.69, 9.17) is 0 Å². The maximum absolute atomic E-state index is 12.1. The van der Waals surface area contributed by atoms with Crippen molar-refractivity contribution in [2.75, 3.05) is 11.1 Å². The van der Waals surface area contributed by atoms with Crippen LogP contribution in [-0.4, -0.2) is 26.8 Å². The first-order valence-electron chi connectivity index (χ1n) is 8.65. The molecule has 0 saturated heterocycles. The average Bonchev–Trinajstić information content (AvgIpc) is 2.73. The summed E-state index contributed by atoms with van der Waals surface area (Å²) in [5, 5.41) is 22.5. The van der Waals surface area contributed by atoms with Crippen molar-refractivity contribution < 1.29 is 9.72 Å². The first-order chi connectivity index (χ1) is 13.5. The van der Waals surface area contributed by atoms with Gasteiger partial charge in [-0.25, -0.2) is 0 Å². The summed E-state index contributed by atoms with van der Waals surface area (Å²) in [6, 6.07) is 17.4. The van der Waals surface area contributed by atoms with Gasteiger partial charge in [0.25, 0.3) is 5.69 Å². The van der Waals surface area contributed by atoms with Crippen LogP contribution in [0.2, 0.25) is 0 Å². The molecular weight excluding hydrogens is 376 g/mol. The Labute approximate surface area is 166 Å². The molecule has 3 aromatic rings. The molecule has 28 heavy (non-hydrogen) atoms. The van der Waals surface area contributed by atoms with Crippen LogP contribution in [0.5, 0.6) is 0 Å². The number of hydrogen-bond acceptors (Lipinski definition) is 6. The van der Waals surface area contributed by atoms with Gasteiger partial charge in [-0.1, -0.05) is 43.0 Å². The number of thioether (sulfide) groups is 1. The molecule has 7 nitrogen and oxygen atoms in total. The topological polar surface area (TPSA) is 98.0 Å². The number of nitro benzene ring substituents is 1. The van der Waals surface area contributed by atoms with E-state index >= 15 is 0 Å². The van der Waals surface area contributed by atoms with Crippen molar-refractivity contribution in [2.24, 2.45) is 0 Å². The van der Waals surface area contributed by atoms with Crippen molar-refractivity contribution in [1.29, 1.82) is 0 Å². The minimum Gasteiger partial charge on any atom is -0.325 e. The summed E-state index contributed by atoms with van der Waals surface area (Å²) in [4.78, 5) is 22.5. The summed E-state index contributed by atoms with van der Waals surface area (Å²) in [6.45, 7) is 2.08. The van der Waals surface area contributed by atoms with Crippen LogP contribution in [0, 0.1) is 10.1 Å². The monoisotopic (exact) mass is 394 g/mol. The van der Waals surface area contributed by atoms with E-state index < -0.39 is 4.92 Å². The normalized spacial score (nSPS) is 10.5. The maximum Gasteiger partial charge on any atom is 0.270 e. The van der Waals surface area contributed by atoms with Crippen LogP contribution in [-0.2, 0) is 11.2 Å². The van der Waals surface area contributed by atoms with Crippen LogP contribution in [0.3, 0.4) is 0 Å². The molecule has 0 saturated carbocycles. The zero-order chi connectivity index (χ0) is 19.9. The second kappa shape index (κ2) is 9.09. The molecule has 0 bridgehead atoms. The number of nitrogens with zero attached hydrogens (tertiary/aromatic N) is 3. The number of nitrogens with one attached hydrogen (secondary N) is 1. The van der Waals surface area contributed by atoms with E-state index in [1.807, 2.05) is 24.3 Å². The van der Waals surface area contributed by atoms with Crippen LogP contribution < -0.4 is 5.32 Å². The maximum atomic E-state index is 12.1. The van der Waals surface area contributed by atoms with Crippen molar-refractivity contribution in [3.8, 4) is 11.3 Å². The molecule has 0 aliphatic carbocycles. The zero-order valence-corrected chi connectivity index (χ0v) is 16.0. The lowest BCUT2D eigenvalue weighted by molar-refractivity contribution is -0.384. The lowest BCUT2D eigenvalue weighted by Crippen LogP contribution is -2.14. The quantitative estimate of drug-likeness (QED) is 0.363. The molecule has 0 fully saturated rings. The zero-order valence-electron chi connectivity index (χ0n) is 15.2. The Hall–Kier alpha value is -3.26. The minimum absolute atomic E-state index is 0.00129. The van der Waals surface area contributed by atoms with Gasteiger partial charge in [0.05, 0.1) is 16.4 Å². The summed E-state index contributed by atoms with van der Waals surface area (Å²) < 4.78 is 0. The fourth-order valence-corrected chi connectivity index (χ4v) is 3.10. The highest BCUT2D eigenvalue weighted by Gasteiger charge is 2.09. The lowest BCUT2D eigenvalue weighted by atomic mass is 10.1. The summed E-state index contributed by atoms with van der Waals surface area (Å²) in [6.07, 6.45) is 0.953. The van der Waals surface area contributed by atoms with Gasteiger partial charge in [-0.05, 0) is 36.2 Å². The Morgan fingerprint density at radius 1 is 1.11 bits per heavy atom. The number of non-ortho nitro benzene ring substituents is 1. The van der Waals surface area contributed by atoms with Crippen LogP contribution in [0.4, 0.5) is 11.4 Å². The summed E-state index contributed by atoms with van der Waals surface area (Å²) in [5.41, 5.74) is 3.13. The standard InChI is InChI=1S/C20H18N4O3S/c1-2-14-6-8-16(9-7-14)21-19(25)13-28-20-11-10-18(22-23-20)15-4-3-5-17(12-15)24(26)27/h3-12H,2,13H2,1H3,(H,21,25). The molecule has 0 atom stereocenters. The predicted octanol–water partition coefficient (Wildman–Crippen LogP) is 4.35. The molecule has 142 valence electrons. The van der Waals surface area contributed by atoms with Crippen LogP contribution in [0.1, 0.15) is 12.5 Å². The van der Waals surface area contributed by atoms with Crippen LogP contribution in [0.15, 0.2) is 65.7 Å². The smallest absolute Gasteiger partial charge is 0.270 e. The molecule has 0 aliphatic rings. The van der Waals surface area contributed by atoms with Crippen LogP contribution in [0.25, 0.3) is 11.3 Å². The number of amides is 1. The van der Waals surface area contributed by atoms with Crippen molar-refractivity contribution in [3.05, 3.63) is 76.3 Å². The summed E-state index contributed by atoms with van der Waals surface area (Å²) >= 11 is 1.27. The van der Waals surface area contributed by atoms with Gasteiger partial charge in [-0.3, -0.25) is 14.9 Å².